The van der Waals surface area contributed by atoms with Gasteiger partial charge < -0.3 is 5.73 Å². The molecule has 10 heteroatoms. The van der Waals surface area contributed by atoms with Crippen LogP contribution in [0.2, 0.25) is 0 Å². The lowest BCUT2D eigenvalue weighted by Gasteiger charge is -2.30. The van der Waals surface area contributed by atoms with Crippen molar-refractivity contribution in [2.75, 3.05) is 0 Å². The van der Waals surface area contributed by atoms with Gasteiger partial charge in [0.05, 0.1) is 16.1 Å². The van der Waals surface area contributed by atoms with Gasteiger partial charge in [-0.3, -0.25) is 9.89 Å². The highest BCUT2D eigenvalue weighted by Gasteiger charge is 2.48. The monoisotopic (exact) mass is 356 g/mol. The molecule has 3 rings (SSSR count). The van der Waals surface area contributed by atoms with Crippen LogP contribution in [0.5, 0.6) is 0 Å². The fourth-order valence-electron chi connectivity index (χ4n) is 2.89. The molecule has 7 nitrogen and oxygen atoms in total. The first-order chi connectivity index (χ1) is 11.0. The average Bonchev–Trinajstić information content (AvgIpc) is 2.97. The lowest BCUT2D eigenvalue weighted by Crippen LogP contribution is -2.40. The minimum atomic E-state index is -4.22. The number of fused-ring (bicyclic) bond motifs is 1. The Hall–Kier alpha value is -2.33. The van der Waals surface area contributed by atoms with Gasteiger partial charge in [0, 0.05) is 18.2 Å². The summed E-state index contributed by atoms with van der Waals surface area (Å²) in [6.07, 6.45) is 0. The van der Waals surface area contributed by atoms with Gasteiger partial charge in [-0.2, -0.15) is 9.40 Å². The number of amides is 1. The number of carbonyl (C=O) groups is 1. The predicted octanol–water partition coefficient (Wildman–Crippen LogP) is 1.23. The summed E-state index contributed by atoms with van der Waals surface area (Å²) in [7, 11) is -4.22. The van der Waals surface area contributed by atoms with E-state index < -0.39 is 38.0 Å². The van der Waals surface area contributed by atoms with Crippen LogP contribution < -0.4 is 5.73 Å². The first-order valence-electron chi connectivity index (χ1n) is 6.91. The van der Waals surface area contributed by atoms with Gasteiger partial charge in [-0.05, 0) is 26.0 Å². The molecule has 3 N–H and O–H groups in total. The summed E-state index contributed by atoms with van der Waals surface area (Å²) in [6.45, 7) is 3.00. The molecule has 24 heavy (non-hydrogen) atoms. The number of rotatable bonds is 3. The van der Waals surface area contributed by atoms with Gasteiger partial charge in [0.2, 0.25) is 10.0 Å². The SMILES string of the molecule is CC1(C)c2[nH]nc(C(N)=O)c2CN1S(=O)(=O)c1cc(F)cc(F)c1. The van der Waals surface area contributed by atoms with Crippen LogP contribution in [0.25, 0.3) is 0 Å². The van der Waals surface area contributed by atoms with Crippen molar-refractivity contribution in [2.24, 2.45) is 5.73 Å². The Balaban J connectivity index is 2.11. The number of nitrogens with two attached hydrogens (primary N) is 1. The van der Waals surface area contributed by atoms with E-state index in [1.807, 2.05) is 0 Å². The van der Waals surface area contributed by atoms with E-state index in [4.69, 9.17) is 5.73 Å². The lowest BCUT2D eigenvalue weighted by atomic mass is 10.0. The molecule has 128 valence electrons. The third kappa shape index (κ3) is 2.29. The second-order valence-electron chi connectivity index (χ2n) is 5.97. The van der Waals surface area contributed by atoms with Crippen molar-refractivity contribution in [3.05, 3.63) is 46.8 Å². The highest BCUT2D eigenvalue weighted by atomic mass is 32.2. The summed E-state index contributed by atoms with van der Waals surface area (Å²) in [5.74, 6) is -2.79. The fraction of sp³-hybridized carbons (Fsp3) is 0.286. The number of carbonyl (C=O) groups excluding carboxylic acids is 1. The zero-order valence-electron chi connectivity index (χ0n) is 12.8. The van der Waals surface area contributed by atoms with Crippen LogP contribution >= 0.6 is 0 Å². The summed E-state index contributed by atoms with van der Waals surface area (Å²) in [4.78, 5) is 10.9. The van der Waals surface area contributed by atoms with Crippen LogP contribution in [0.1, 0.15) is 35.6 Å². The number of nitrogens with zero attached hydrogens (tertiary/aromatic N) is 2. The smallest absolute Gasteiger partial charge is 0.269 e. The number of H-pyrrole nitrogens is 1. The molecule has 1 aliphatic rings. The molecule has 0 unspecified atom stereocenters. The number of hydrogen-bond acceptors (Lipinski definition) is 4. The third-order valence-corrected chi connectivity index (χ3v) is 6.06. The van der Waals surface area contributed by atoms with Crippen molar-refractivity contribution in [1.82, 2.24) is 14.5 Å². The zero-order chi connectivity index (χ0) is 17.9. The van der Waals surface area contributed by atoms with Gasteiger partial charge in [-0.1, -0.05) is 0 Å². The van der Waals surface area contributed by atoms with E-state index in [1.54, 1.807) is 13.8 Å². The van der Waals surface area contributed by atoms with Crippen molar-refractivity contribution in [3.63, 3.8) is 0 Å². The maximum Gasteiger partial charge on any atom is 0.269 e. The number of benzene rings is 1. The molecule has 2 heterocycles. The van der Waals surface area contributed by atoms with Gasteiger partial charge >= 0.3 is 0 Å². The Morgan fingerprint density at radius 2 is 1.88 bits per heavy atom. The molecule has 0 saturated heterocycles. The van der Waals surface area contributed by atoms with Crippen molar-refractivity contribution < 1.29 is 22.0 Å². The number of aromatic amines is 1. The Morgan fingerprint density at radius 1 is 1.29 bits per heavy atom. The van der Waals surface area contributed by atoms with Crippen LogP contribution in [-0.4, -0.2) is 28.8 Å². The normalized spacial score (nSPS) is 17.0. The van der Waals surface area contributed by atoms with Gasteiger partial charge in [-0.25, -0.2) is 17.2 Å². The molecule has 0 bridgehead atoms. The predicted molar refractivity (Wildman–Crippen MR) is 79.2 cm³/mol. The van der Waals surface area contributed by atoms with E-state index in [9.17, 15) is 22.0 Å². The number of nitrogens with one attached hydrogen (secondary N) is 1. The molecule has 0 radical (unpaired) electrons. The highest BCUT2D eigenvalue weighted by Crippen LogP contribution is 2.42. The summed E-state index contributed by atoms with van der Waals surface area (Å²) in [5.41, 5.74) is 4.85. The molecular formula is C14H14F2N4O3S. The molecule has 0 spiro atoms. The van der Waals surface area contributed by atoms with Crippen LogP contribution in [0.3, 0.4) is 0 Å². The Bertz CT molecular complexity index is 933. The van der Waals surface area contributed by atoms with Crippen molar-refractivity contribution in [1.29, 1.82) is 0 Å². The topological polar surface area (TPSA) is 109 Å². The number of halogens is 2. The Labute approximate surface area is 136 Å². The van der Waals surface area contributed by atoms with Gasteiger partial charge in [-0.15, -0.1) is 0 Å². The molecule has 0 saturated carbocycles. The zero-order valence-corrected chi connectivity index (χ0v) is 13.6. The largest absolute Gasteiger partial charge is 0.364 e. The van der Waals surface area contributed by atoms with Crippen molar-refractivity contribution >= 4 is 15.9 Å². The molecule has 1 amide bonds. The molecule has 1 aliphatic heterocycles. The quantitative estimate of drug-likeness (QED) is 0.862. The molecule has 0 atom stereocenters. The van der Waals surface area contributed by atoms with Gasteiger partial charge in [0.15, 0.2) is 5.69 Å². The first kappa shape index (κ1) is 16.5. The maximum absolute atomic E-state index is 13.4. The van der Waals surface area contributed by atoms with Crippen molar-refractivity contribution in [3.8, 4) is 0 Å². The number of hydrogen-bond donors (Lipinski definition) is 2. The number of aromatic nitrogens is 2. The molecule has 2 aromatic rings. The van der Waals surface area contributed by atoms with Crippen LogP contribution in [0.15, 0.2) is 23.1 Å². The first-order valence-corrected chi connectivity index (χ1v) is 8.35. The standard InChI is InChI=1S/C14H14F2N4O3S/c1-14(2)12-10(11(13(17)21)18-19-12)6-20(14)24(22,23)9-4-7(15)3-8(16)5-9/h3-5H,6H2,1-2H3,(H2,17,21)(H,18,19). The molecule has 0 fully saturated rings. The van der Waals surface area contributed by atoms with Crippen molar-refractivity contribution in [2.45, 2.75) is 30.8 Å². The van der Waals surface area contributed by atoms with E-state index in [-0.39, 0.29) is 12.2 Å². The number of primary amides is 1. The van der Waals surface area contributed by atoms with Gasteiger partial charge in [0.1, 0.15) is 11.6 Å². The second-order valence-corrected chi connectivity index (χ2v) is 7.83. The second kappa shape index (κ2) is 5.08. The number of sulfonamides is 1. The summed E-state index contributed by atoms with van der Waals surface area (Å²) < 4.78 is 53.6. The summed E-state index contributed by atoms with van der Waals surface area (Å²) in [6, 6.07) is 2.08. The fourth-order valence-corrected chi connectivity index (χ4v) is 4.65. The van der Waals surface area contributed by atoms with E-state index in [0.29, 0.717) is 17.3 Å². The molecule has 1 aromatic carbocycles. The van der Waals surface area contributed by atoms with Crippen LogP contribution in [0, 0.1) is 11.6 Å². The van der Waals surface area contributed by atoms with E-state index in [1.165, 1.54) is 0 Å². The van der Waals surface area contributed by atoms with E-state index in [2.05, 4.69) is 10.2 Å². The summed E-state index contributed by atoms with van der Waals surface area (Å²) in [5, 5.41) is 6.44. The minimum absolute atomic E-state index is 0.0544. The molecular weight excluding hydrogens is 342 g/mol. The van der Waals surface area contributed by atoms with Crippen LogP contribution in [0.4, 0.5) is 8.78 Å². The highest BCUT2D eigenvalue weighted by molar-refractivity contribution is 7.89. The third-order valence-electron chi connectivity index (χ3n) is 4.06. The average molecular weight is 356 g/mol. The Kier molecular flexibility index (Phi) is 3.50. The van der Waals surface area contributed by atoms with E-state index in [0.717, 1.165) is 16.4 Å². The van der Waals surface area contributed by atoms with Crippen LogP contribution in [-0.2, 0) is 22.1 Å². The van der Waals surface area contributed by atoms with Gasteiger partial charge in [0.25, 0.3) is 5.91 Å². The minimum Gasteiger partial charge on any atom is -0.364 e. The maximum atomic E-state index is 13.4. The summed E-state index contributed by atoms with van der Waals surface area (Å²) >= 11 is 0. The Morgan fingerprint density at radius 3 is 2.42 bits per heavy atom. The molecule has 1 aromatic heterocycles. The van der Waals surface area contributed by atoms with E-state index >= 15 is 0 Å². The lowest BCUT2D eigenvalue weighted by molar-refractivity contribution is 0.0993. The molecule has 0 aliphatic carbocycles.